The molecule has 7 nitrogen and oxygen atoms in total. The van der Waals surface area contributed by atoms with Crippen molar-refractivity contribution in [2.45, 2.75) is 45.8 Å². The highest BCUT2D eigenvalue weighted by Gasteiger charge is 2.29. The average Bonchev–Trinajstić information content (AvgIpc) is 3.10. The third kappa shape index (κ3) is 2.37. The maximum atomic E-state index is 4.46. The van der Waals surface area contributed by atoms with Crippen molar-refractivity contribution in [1.29, 1.82) is 0 Å². The van der Waals surface area contributed by atoms with Crippen LogP contribution in [0.3, 0.4) is 0 Å². The predicted octanol–water partition coefficient (Wildman–Crippen LogP) is 1.06. The average molecular weight is 261 g/mol. The summed E-state index contributed by atoms with van der Waals surface area (Å²) in [6.07, 6.45) is 3.91. The topological polar surface area (TPSA) is 75.5 Å². The molecule has 2 aromatic heterocycles. The van der Waals surface area contributed by atoms with Crippen molar-refractivity contribution in [3.05, 3.63) is 23.8 Å². The van der Waals surface area contributed by atoms with Gasteiger partial charge in [0, 0.05) is 6.54 Å². The molecule has 1 atom stereocenters. The van der Waals surface area contributed by atoms with Gasteiger partial charge in [-0.2, -0.15) is 10.2 Å². The second kappa shape index (κ2) is 5.08. The molecule has 0 unspecified atom stereocenters. The number of hydrogen-bond acceptors (Lipinski definition) is 5. The van der Waals surface area contributed by atoms with Crippen LogP contribution in [0.1, 0.15) is 43.3 Å². The van der Waals surface area contributed by atoms with E-state index in [1.165, 1.54) is 6.42 Å². The van der Waals surface area contributed by atoms with Crippen LogP contribution in [0.15, 0.2) is 6.33 Å². The number of H-pyrrole nitrogens is 1. The van der Waals surface area contributed by atoms with Crippen LogP contribution in [0.4, 0.5) is 0 Å². The Labute approximate surface area is 112 Å². The molecule has 0 spiro atoms. The summed E-state index contributed by atoms with van der Waals surface area (Å²) in [5.74, 6) is 2.79. The van der Waals surface area contributed by atoms with Gasteiger partial charge in [0.1, 0.15) is 18.0 Å². The van der Waals surface area contributed by atoms with Gasteiger partial charge < -0.3 is 0 Å². The van der Waals surface area contributed by atoms with Gasteiger partial charge in [-0.1, -0.05) is 0 Å². The smallest absolute Gasteiger partial charge is 0.167 e. The van der Waals surface area contributed by atoms with Gasteiger partial charge in [0.2, 0.25) is 0 Å². The van der Waals surface area contributed by atoms with Crippen molar-refractivity contribution < 1.29 is 0 Å². The highest BCUT2D eigenvalue weighted by atomic mass is 15.4. The molecule has 0 aliphatic carbocycles. The summed E-state index contributed by atoms with van der Waals surface area (Å²) < 4.78 is 1.94. The first-order chi connectivity index (χ1) is 9.28. The van der Waals surface area contributed by atoms with Crippen LogP contribution in [-0.4, -0.2) is 41.4 Å². The van der Waals surface area contributed by atoms with Gasteiger partial charge in [0.05, 0.1) is 12.6 Å². The summed E-state index contributed by atoms with van der Waals surface area (Å²) in [4.78, 5) is 11.2. The molecule has 1 N–H and O–H groups in total. The molecule has 0 aromatic carbocycles. The number of nitrogens with one attached hydrogen (secondary N) is 1. The highest BCUT2D eigenvalue weighted by molar-refractivity contribution is 5.00. The molecule has 7 heteroatoms. The molecule has 2 aromatic rings. The SMILES string of the molecule is CCn1ncnc1CN1CCC[C@H]1c1n[nH]c(C)n1. The third-order valence-electron chi connectivity index (χ3n) is 3.62. The maximum absolute atomic E-state index is 4.46. The van der Waals surface area contributed by atoms with E-state index in [1.54, 1.807) is 6.33 Å². The van der Waals surface area contributed by atoms with Crippen molar-refractivity contribution in [3.63, 3.8) is 0 Å². The van der Waals surface area contributed by atoms with Crippen LogP contribution >= 0.6 is 0 Å². The fourth-order valence-electron chi connectivity index (χ4n) is 2.67. The summed E-state index contributed by atoms with van der Waals surface area (Å²) in [6, 6.07) is 0.298. The first-order valence-electron chi connectivity index (χ1n) is 6.77. The van der Waals surface area contributed by atoms with Crippen LogP contribution in [0.2, 0.25) is 0 Å². The Hall–Kier alpha value is -1.76. The largest absolute Gasteiger partial charge is 0.286 e. The van der Waals surface area contributed by atoms with E-state index in [4.69, 9.17) is 0 Å². The van der Waals surface area contributed by atoms with Crippen molar-refractivity contribution >= 4 is 0 Å². The van der Waals surface area contributed by atoms with Gasteiger partial charge >= 0.3 is 0 Å². The molecule has 19 heavy (non-hydrogen) atoms. The summed E-state index contributed by atoms with van der Waals surface area (Å²) in [5.41, 5.74) is 0. The zero-order chi connectivity index (χ0) is 13.2. The van der Waals surface area contributed by atoms with Gasteiger partial charge in [0.25, 0.3) is 0 Å². The lowest BCUT2D eigenvalue weighted by Crippen LogP contribution is -2.25. The molecule has 1 aliphatic rings. The van der Waals surface area contributed by atoms with E-state index in [0.29, 0.717) is 6.04 Å². The number of aromatic amines is 1. The van der Waals surface area contributed by atoms with Crippen molar-refractivity contribution in [3.8, 4) is 0 Å². The maximum Gasteiger partial charge on any atom is 0.167 e. The first-order valence-corrected chi connectivity index (χ1v) is 6.77. The molecule has 3 rings (SSSR count). The molecular formula is C12H19N7. The van der Waals surface area contributed by atoms with Crippen molar-refractivity contribution in [1.82, 2.24) is 34.8 Å². The number of aromatic nitrogens is 6. The molecule has 1 saturated heterocycles. The summed E-state index contributed by atoms with van der Waals surface area (Å²) in [7, 11) is 0. The molecule has 0 radical (unpaired) electrons. The Morgan fingerprint density at radius 1 is 1.47 bits per heavy atom. The highest BCUT2D eigenvalue weighted by Crippen LogP contribution is 2.30. The molecule has 0 saturated carbocycles. The monoisotopic (exact) mass is 261 g/mol. The molecule has 1 fully saturated rings. The Balaban J connectivity index is 1.76. The molecule has 3 heterocycles. The standard InChI is InChI=1S/C12H19N7/c1-3-19-11(13-8-14-19)7-18-6-4-5-10(18)12-15-9(2)16-17-12/h8,10H,3-7H2,1-2H3,(H,15,16,17)/t10-/m0/s1. The zero-order valence-corrected chi connectivity index (χ0v) is 11.4. The van der Waals surface area contributed by atoms with Crippen molar-refractivity contribution in [2.75, 3.05) is 6.54 Å². The number of hydrogen-bond donors (Lipinski definition) is 1. The quantitative estimate of drug-likeness (QED) is 0.890. The van der Waals surface area contributed by atoms with Gasteiger partial charge in [-0.15, -0.1) is 0 Å². The Morgan fingerprint density at radius 3 is 3.11 bits per heavy atom. The van der Waals surface area contributed by atoms with E-state index in [0.717, 1.165) is 43.5 Å². The van der Waals surface area contributed by atoms with Crippen LogP contribution < -0.4 is 0 Å². The number of rotatable bonds is 4. The molecule has 1 aliphatic heterocycles. The normalized spacial score (nSPS) is 20.2. The fourth-order valence-corrected chi connectivity index (χ4v) is 2.67. The van der Waals surface area contributed by atoms with E-state index in [1.807, 2.05) is 11.6 Å². The third-order valence-corrected chi connectivity index (χ3v) is 3.62. The number of likely N-dealkylation sites (tertiary alicyclic amines) is 1. The fraction of sp³-hybridized carbons (Fsp3) is 0.667. The van der Waals surface area contributed by atoms with E-state index in [2.05, 4.69) is 37.1 Å². The van der Waals surface area contributed by atoms with E-state index >= 15 is 0 Å². The molecule has 0 bridgehead atoms. The minimum absolute atomic E-state index is 0.298. The first kappa shape index (κ1) is 12.3. The van der Waals surface area contributed by atoms with E-state index in [9.17, 15) is 0 Å². The lowest BCUT2D eigenvalue weighted by atomic mass is 10.2. The zero-order valence-electron chi connectivity index (χ0n) is 11.4. The Morgan fingerprint density at radius 2 is 2.37 bits per heavy atom. The van der Waals surface area contributed by atoms with Gasteiger partial charge in [0.15, 0.2) is 5.82 Å². The second-order valence-electron chi connectivity index (χ2n) is 4.90. The van der Waals surface area contributed by atoms with Crippen LogP contribution in [0, 0.1) is 6.92 Å². The summed E-state index contributed by atoms with van der Waals surface area (Å²) in [5, 5.41) is 11.4. The Bertz CT molecular complexity index is 544. The van der Waals surface area contributed by atoms with Crippen molar-refractivity contribution in [2.24, 2.45) is 0 Å². The van der Waals surface area contributed by atoms with E-state index < -0.39 is 0 Å². The van der Waals surface area contributed by atoms with Gasteiger partial charge in [-0.3, -0.25) is 10.00 Å². The Kier molecular flexibility index (Phi) is 3.29. The minimum Gasteiger partial charge on any atom is -0.286 e. The lowest BCUT2D eigenvalue weighted by molar-refractivity contribution is 0.230. The lowest BCUT2D eigenvalue weighted by Gasteiger charge is -2.21. The van der Waals surface area contributed by atoms with E-state index in [-0.39, 0.29) is 0 Å². The van der Waals surface area contributed by atoms with Gasteiger partial charge in [-0.25, -0.2) is 14.6 Å². The number of nitrogens with zero attached hydrogens (tertiary/aromatic N) is 6. The number of aryl methyl sites for hydroxylation is 2. The second-order valence-corrected chi connectivity index (χ2v) is 4.90. The predicted molar refractivity (Wildman–Crippen MR) is 69.2 cm³/mol. The minimum atomic E-state index is 0.298. The summed E-state index contributed by atoms with van der Waals surface area (Å²) in [6.45, 7) is 6.75. The van der Waals surface area contributed by atoms with Crippen LogP contribution in [0.5, 0.6) is 0 Å². The van der Waals surface area contributed by atoms with Crippen LogP contribution in [0.25, 0.3) is 0 Å². The molecule has 0 amide bonds. The van der Waals surface area contributed by atoms with Crippen LogP contribution in [-0.2, 0) is 13.1 Å². The molecular weight excluding hydrogens is 242 g/mol. The van der Waals surface area contributed by atoms with Gasteiger partial charge in [-0.05, 0) is 33.2 Å². The summed E-state index contributed by atoms with van der Waals surface area (Å²) >= 11 is 0. The molecule has 102 valence electrons.